The number of aliphatic hydroxyl groups excluding tert-OH is 1. The van der Waals surface area contributed by atoms with Gasteiger partial charge in [0.05, 0.1) is 23.7 Å². The molecule has 0 aliphatic heterocycles. The van der Waals surface area contributed by atoms with Crippen LogP contribution in [0.15, 0.2) is 24.4 Å². The SMILES string of the molecule is COc1c(C(O)C(F)(F)F)ccc2c1c(Nc1cc(NC(=O)C3CC3)ncc1C(=O)O)nn2C. The topological polar surface area (TPSA) is 139 Å². The van der Waals surface area contributed by atoms with Gasteiger partial charge in [0.15, 0.2) is 11.9 Å². The second-order valence-corrected chi connectivity index (χ2v) is 7.81. The van der Waals surface area contributed by atoms with Crippen LogP contribution in [0.4, 0.5) is 30.5 Å². The lowest BCUT2D eigenvalue weighted by Gasteiger charge is -2.18. The Labute approximate surface area is 190 Å². The molecule has 3 aromatic rings. The highest BCUT2D eigenvalue weighted by Crippen LogP contribution is 2.43. The van der Waals surface area contributed by atoms with Gasteiger partial charge in [-0.25, -0.2) is 9.78 Å². The molecule has 1 fully saturated rings. The third kappa shape index (κ3) is 4.33. The number of pyridine rings is 1. The fraction of sp³-hybridized carbons (Fsp3) is 0.333. The summed E-state index contributed by atoms with van der Waals surface area (Å²) in [4.78, 5) is 27.8. The Bertz CT molecular complexity index is 1290. The monoisotopic (exact) mass is 479 g/mol. The molecule has 1 aliphatic rings. The second kappa shape index (κ2) is 8.48. The summed E-state index contributed by atoms with van der Waals surface area (Å²) >= 11 is 0. The number of carbonyl (C=O) groups is 2. The van der Waals surface area contributed by atoms with Gasteiger partial charge in [-0.05, 0) is 18.9 Å². The van der Waals surface area contributed by atoms with Crippen molar-refractivity contribution in [2.45, 2.75) is 25.1 Å². The number of aromatic nitrogens is 3. The molecule has 0 saturated heterocycles. The normalized spacial score (nSPS) is 14.6. The first-order valence-electron chi connectivity index (χ1n) is 10.1. The smallest absolute Gasteiger partial charge is 0.418 e. The summed E-state index contributed by atoms with van der Waals surface area (Å²) in [6.45, 7) is 0. The van der Waals surface area contributed by atoms with E-state index in [0.717, 1.165) is 32.2 Å². The van der Waals surface area contributed by atoms with Gasteiger partial charge in [0.1, 0.15) is 17.1 Å². The van der Waals surface area contributed by atoms with E-state index in [-0.39, 0.29) is 45.8 Å². The highest BCUT2D eigenvalue weighted by atomic mass is 19.4. The molecular formula is C21H20F3N5O5. The number of carboxylic acid groups (broad SMARTS) is 1. The predicted molar refractivity (Wildman–Crippen MR) is 114 cm³/mol. The first-order valence-corrected chi connectivity index (χ1v) is 10.1. The van der Waals surface area contributed by atoms with Crippen LogP contribution < -0.4 is 15.4 Å². The second-order valence-electron chi connectivity index (χ2n) is 7.81. The van der Waals surface area contributed by atoms with Crippen LogP contribution in [0.25, 0.3) is 10.9 Å². The molecule has 2 heterocycles. The Morgan fingerprint density at radius 1 is 1.29 bits per heavy atom. The predicted octanol–water partition coefficient (Wildman–Crippen LogP) is 3.36. The van der Waals surface area contributed by atoms with Crippen molar-refractivity contribution >= 4 is 40.1 Å². The third-order valence-corrected chi connectivity index (χ3v) is 5.40. The molecule has 10 nitrogen and oxygen atoms in total. The number of amides is 1. The van der Waals surface area contributed by atoms with E-state index in [2.05, 4.69) is 20.7 Å². The number of halogens is 3. The van der Waals surface area contributed by atoms with Crippen LogP contribution >= 0.6 is 0 Å². The highest BCUT2D eigenvalue weighted by Gasteiger charge is 2.41. The van der Waals surface area contributed by atoms with Gasteiger partial charge in [0, 0.05) is 30.8 Å². The number of nitrogens with zero attached hydrogens (tertiary/aromatic N) is 3. The number of carboxylic acids is 1. The number of hydrogen-bond acceptors (Lipinski definition) is 7. The molecular weight excluding hydrogens is 459 g/mol. The molecule has 0 spiro atoms. The number of carbonyl (C=O) groups excluding carboxylic acids is 1. The van der Waals surface area contributed by atoms with Crippen LogP contribution in [0.3, 0.4) is 0 Å². The summed E-state index contributed by atoms with van der Waals surface area (Å²) in [7, 11) is 2.69. The average Bonchev–Trinajstić information content (AvgIpc) is 3.57. The molecule has 4 rings (SSSR count). The summed E-state index contributed by atoms with van der Waals surface area (Å²) < 4.78 is 46.2. The minimum absolute atomic E-state index is 0.00239. The first-order chi connectivity index (χ1) is 16.0. The van der Waals surface area contributed by atoms with Crippen molar-refractivity contribution in [1.29, 1.82) is 0 Å². The number of benzene rings is 1. The van der Waals surface area contributed by atoms with E-state index < -0.39 is 23.8 Å². The molecule has 1 aliphatic carbocycles. The van der Waals surface area contributed by atoms with E-state index in [0.29, 0.717) is 5.52 Å². The Balaban J connectivity index is 1.81. The molecule has 1 aromatic carbocycles. The molecule has 13 heteroatoms. The highest BCUT2D eigenvalue weighted by molar-refractivity contribution is 6.02. The van der Waals surface area contributed by atoms with Crippen molar-refractivity contribution in [2.24, 2.45) is 13.0 Å². The zero-order valence-electron chi connectivity index (χ0n) is 18.0. The lowest BCUT2D eigenvalue weighted by atomic mass is 10.0. The minimum atomic E-state index is -4.94. The lowest BCUT2D eigenvalue weighted by Crippen LogP contribution is -2.20. The van der Waals surface area contributed by atoms with Crippen LogP contribution in [-0.4, -0.2) is 50.1 Å². The maximum absolute atomic E-state index is 13.2. The Kier molecular flexibility index (Phi) is 5.81. The minimum Gasteiger partial charge on any atom is -0.496 e. The number of nitrogens with one attached hydrogen (secondary N) is 2. The van der Waals surface area contributed by atoms with Crippen LogP contribution in [0.2, 0.25) is 0 Å². The largest absolute Gasteiger partial charge is 0.496 e. The molecule has 180 valence electrons. The quantitative estimate of drug-likeness (QED) is 0.405. The van der Waals surface area contributed by atoms with E-state index in [9.17, 15) is 33.0 Å². The molecule has 4 N–H and O–H groups in total. The summed E-state index contributed by atoms with van der Waals surface area (Å²) in [6.07, 6.45) is -5.17. The van der Waals surface area contributed by atoms with Crippen molar-refractivity contribution in [3.63, 3.8) is 0 Å². The number of rotatable bonds is 7. The summed E-state index contributed by atoms with van der Waals surface area (Å²) in [5.41, 5.74) is -0.416. The number of aliphatic hydroxyl groups is 1. The lowest BCUT2D eigenvalue weighted by molar-refractivity contribution is -0.207. The molecule has 0 radical (unpaired) electrons. The third-order valence-electron chi connectivity index (χ3n) is 5.40. The maximum atomic E-state index is 13.2. The zero-order valence-corrected chi connectivity index (χ0v) is 18.0. The van der Waals surface area contributed by atoms with E-state index in [4.69, 9.17) is 4.74 Å². The molecule has 1 saturated carbocycles. The van der Waals surface area contributed by atoms with E-state index >= 15 is 0 Å². The standard InChI is InChI=1S/C21H20F3N5O5/c1-29-13-6-5-10(17(30)21(22,23)24)16(34-2)15(13)18(28-29)26-12-7-14(25-8-11(12)20(32)33)27-19(31)9-3-4-9/h5-9,17,30H,3-4H2,1-2H3,(H,32,33)(H2,25,26,27,28,31). The summed E-state index contributed by atoms with van der Waals surface area (Å²) in [5, 5.41) is 29.2. The zero-order chi connectivity index (χ0) is 24.8. The number of anilines is 3. The molecule has 1 atom stereocenters. The summed E-state index contributed by atoms with van der Waals surface area (Å²) in [6, 6.07) is 3.73. The first kappa shape index (κ1) is 23.3. The molecule has 2 aromatic heterocycles. The van der Waals surface area contributed by atoms with Crippen LogP contribution in [0.1, 0.15) is 34.9 Å². The van der Waals surface area contributed by atoms with Crippen LogP contribution in [-0.2, 0) is 11.8 Å². The Hall–Kier alpha value is -3.87. The van der Waals surface area contributed by atoms with Gasteiger partial charge in [0.2, 0.25) is 5.91 Å². The van der Waals surface area contributed by atoms with Crippen molar-refractivity contribution in [3.8, 4) is 5.75 Å². The van der Waals surface area contributed by atoms with E-state index in [1.807, 2.05) is 0 Å². The molecule has 34 heavy (non-hydrogen) atoms. The molecule has 0 bridgehead atoms. The van der Waals surface area contributed by atoms with E-state index in [1.54, 1.807) is 7.05 Å². The van der Waals surface area contributed by atoms with Gasteiger partial charge in [-0.15, -0.1) is 0 Å². The fourth-order valence-electron chi connectivity index (χ4n) is 3.54. The summed E-state index contributed by atoms with van der Waals surface area (Å²) in [5.74, 6) is -1.86. The number of ether oxygens (including phenoxy) is 1. The Morgan fingerprint density at radius 3 is 2.59 bits per heavy atom. The number of aromatic carboxylic acids is 1. The number of hydrogen-bond donors (Lipinski definition) is 4. The van der Waals surface area contributed by atoms with Crippen LogP contribution in [0, 0.1) is 5.92 Å². The van der Waals surface area contributed by atoms with Gasteiger partial charge in [-0.1, -0.05) is 6.07 Å². The Morgan fingerprint density at radius 2 is 2.00 bits per heavy atom. The molecule has 1 amide bonds. The van der Waals surface area contributed by atoms with Crippen LogP contribution in [0.5, 0.6) is 5.75 Å². The van der Waals surface area contributed by atoms with Crippen molar-refractivity contribution < 1.29 is 37.7 Å². The van der Waals surface area contributed by atoms with Crippen molar-refractivity contribution in [1.82, 2.24) is 14.8 Å². The number of aryl methyl sites for hydroxylation is 1. The number of fused-ring (bicyclic) bond motifs is 1. The van der Waals surface area contributed by atoms with Gasteiger partial charge in [-0.2, -0.15) is 18.3 Å². The van der Waals surface area contributed by atoms with Gasteiger partial charge >= 0.3 is 12.1 Å². The fourth-order valence-corrected chi connectivity index (χ4v) is 3.54. The molecule has 1 unspecified atom stereocenters. The number of alkyl halides is 3. The van der Waals surface area contributed by atoms with Gasteiger partial charge < -0.3 is 25.6 Å². The van der Waals surface area contributed by atoms with Gasteiger partial charge in [0.25, 0.3) is 0 Å². The van der Waals surface area contributed by atoms with Crippen molar-refractivity contribution in [3.05, 3.63) is 35.5 Å². The van der Waals surface area contributed by atoms with Gasteiger partial charge in [-0.3, -0.25) is 9.48 Å². The maximum Gasteiger partial charge on any atom is 0.418 e. The van der Waals surface area contributed by atoms with Crippen molar-refractivity contribution in [2.75, 3.05) is 17.7 Å². The average molecular weight is 479 g/mol. The number of methoxy groups -OCH3 is 1. The van der Waals surface area contributed by atoms with E-state index in [1.165, 1.54) is 16.8 Å².